The molecule has 1 N–H and O–H groups in total. The molecule has 0 amide bonds. The minimum Gasteiger partial charge on any atom is -0.312 e. The minimum absolute atomic E-state index is 0.666. The van der Waals surface area contributed by atoms with E-state index in [-0.39, 0.29) is 0 Å². The van der Waals surface area contributed by atoms with Gasteiger partial charge in [-0.2, -0.15) is 0 Å². The molecule has 2 aromatic carbocycles. The van der Waals surface area contributed by atoms with E-state index in [1.54, 1.807) is 0 Å². The Labute approximate surface area is 134 Å². The molecule has 1 fully saturated rings. The van der Waals surface area contributed by atoms with E-state index in [1.165, 1.54) is 37.2 Å². The summed E-state index contributed by atoms with van der Waals surface area (Å²) in [6, 6.07) is 22.2. The zero-order chi connectivity index (χ0) is 15.0. The van der Waals surface area contributed by atoms with Crippen molar-refractivity contribution in [1.82, 2.24) is 10.2 Å². The average molecular weight is 294 g/mol. The molecule has 2 aromatic rings. The number of rotatable bonds is 7. The number of benzene rings is 2. The van der Waals surface area contributed by atoms with Crippen LogP contribution in [0.15, 0.2) is 60.7 Å². The van der Waals surface area contributed by atoms with Crippen LogP contribution in [-0.4, -0.2) is 37.1 Å². The van der Waals surface area contributed by atoms with Gasteiger partial charge in [0.1, 0.15) is 0 Å². The van der Waals surface area contributed by atoms with E-state index >= 15 is 0 Å². The molecule has 1 unspecified atom stereocenters. The molecule has 0 spiro atoms. The lowest BCUT2D eigenvalue weighted by Crippen LogP contribution is -2.34. The summed E-state index contributed by atoms with van der Waals surface area (Å²) >= 11 is 0. The van der Waals surface area contributed by atoms with Crippen LogP contribution >= 0.6 is 0 Å². The van der Waals surface area contributed by atoms with Gasteiger partial charge in [0, 0.05) is 19.1 Å². The molecule has 1 aliphatic heterocycles. The van der Waals surface area contributed by atoms with Gasteiger partial charge in [0.25, 0.3) is 0 Å². The Morgan fingerprint density at radius 3 is 2.18 bits per heavy atom. The number of hydrogen-bond donors (Lipinski definition) is 1. The second kappa shape index (κ2) is 8.11. The third kappa shape index (κ3) is 4.69. The van der Waals surface area contributed by atoms with Crippen molar-refractivity contribution in [3.8, 4) is 0 Å². The molecule has 116 valence electrons. The normalized spacial score (nSPS) is 18.6. The van der Waals surface area contributed by atoms with E-state index in [9.17, 15) is 0 Å². The van der Waals surface area contributed by atoms with Crippen molar-refractivity contribution in [2.75, 3.05) is 26.2 Å². The van der Waals surface area contributed by atoms with Gasteiger partial charge in [0.2, 0.25) is 0 Å². The molecule has 2 nitrogen and oxygen atoms in total. The predicted molar refractivity (Wildman–Crippen MR) is 93.1 cm³/mol. The lowest BCUT2D eigenvalue weighted by molar-refractivity contribution is 0.332. The van der Waals surface area contributed by atoms with Crippen LogP contribution in [0, 0.1) is 0 Å². The maximum Gasteiger partial charge on any atom is 0.0207 e. The highest BCUT2D eigenvalue weighted by Crippen LogP contribution is 2.11. The van der Waals surface area contributed by atoms with Crippen LogP contribution in [0.4, 0.5) is 0 Å². The topological polar surface area (TPSA) is 15.3 Å². The zero-order valence-corrected chi connectivity index (χ0v) is 13.2. The molecule has 1 aliphatic rings. The maximum atomic E-state index is 3.72. The SMILES string of the molecule is c1ccc(CCNC2CCN(CCc3ccccc3)C2)cc1. The fourth-order valence-corrected chi connectivity index (χ4v) is 3.20. The summed E-state index contributed by atoms with van der Waals surface area (Å²) < 4.78 is 0. The first kappa shape index (κ1) is 15.3. The van der Waals surface area contributed by atoms with Gasteiger partial charge in [-0.05, 0) is 43.5 Å². The number of nitrogens with zero attached hydrogens (tertiary/aromatic N) is 1. The molecule has 1 heterocycles. The third-order valence-corrected chi connectivity index (χ3v) is 4.52. The van der Waals surface area contributed by atoms with Gasteiger partial charge in [0.15, 0.2) is 0 Å². The maximum absolute atomic E-state index is 3.72. The first-order chi connectivity index (χ1) is 10.9. The van der Waals surface area contributed by atoms with E-state index in [1.807, 2.05) is 0 Å². The van der Waals surface area contributed by atoms with Gasteiger partial charge in [0.05, 0.1) is 0 Å². The fourth-order valence-electron chi connectivity index (χ4n) is 3.20. The number of hydrogen-bond acceptors (Lipinski definition) is 2. The molecular weight excluding hydrogens is 268 g/mol. The van der Waals surface area contributed by atoms with Gasteiger partial charge < -0.3 is 10.2 Å². The largest absolute Gasteiger partial charge is 0.312 e. The molecule has 0 aromatic heterocycles. The highest BCUT2D eigenvalue weighted by molar-refractivity contribution is 5.15. The first-order valence-electron chi connectivity index (χ1n) is 8.44. The van der Waals surface area contributed by atoms with Crippen molar-refractivity contribution in [2.45, 2.75) is 25.3 Å². The molecule has 22 heavy (non-hydrogen) atoms. The van der Waals surface area contributed by atoms with E-state index in [2.05, 4.69) is 70.9 Å². The molecule has 0 bridgehead atoms. The second-order valence-corrected chi connectivity index (χ2v) is 6.21. The summed E-state index contributed by atoms with van der Waals surface area (Å²) in [4.78, 5) is 2.59. The van der Waals surface area contributed by atoms with Crippen LogP contribution in [0.3, 0.4) is 0 Å². The Balaban J connectivity index is 1.34. The van der Waals surface area contributed by atoms with Gasteiger partial charge >= 0.3 is 0 Å². The summed E-state index contributed by atoms with van der Waals surface area (Å²) in [5.41, 5.74) is 2.87. The van der Waals surface area contributed by atoms with Crippen molar-refractivity contribution in [3.63, 3.8) is 0 Å². The van der Waals surface area contributed by atoms with Gasteiger partial charge in [-0.25, -0.2) is 0 Å². The summed E-state index contributed by atoms with van der Waals surface area (Å²) in [6.45, 7) is 4.69. The van der Waals surface area contributed by atoms with Crippen LogP contribution in [0.2, 0.25) is 0 Å². The van der Waals surface area contributed by atoms with E-state index in [0.29, 0.717) is 6.04 Å². The Morgan fingerprint density at radius 1 is 0.864 bits per heavy atom. The summed E-state index contributed by atoms with van der Waals surface area (Å²) in [6.07, 6.45) is 3.57. The fraction of sp³-hybridized carbons (Fsp3) is 0.400. The number of nitrogens with one attached hydrogen (secondary N) is 1. The van der Waals surface area contributed by atoms with Crippen LogP contribution < -0.4 is 5.32 Å². The summed E-state index contributed by atoms with van der Waals surface area (Å²) in [5.74, 6) is 0. The van der Waals surface area contributed by atoms with Crippen LogP contribution in [0.1, 0.15) is 17.5 Å². The molecule has 2 heteroatoms. The van der Waals surface area contributed by atoms with E-state index < -0.39 is 0 Å². The van der Waals surface area contributed by atoms with Crippen molar-refractivity contribution in [2.24, 2.45) is 0 Å². The summed E-state index contributed by atoms with van der Waals surface area (Å²) in [5, 5.41) is 3.72. The Kier molecular flexibility index (Phi) is 5.63. The van der Waals surface area contributed by atoms with Crippen molar-refractivity contribution in [1.29, 1.82) is 0 Å². The van der Waals surface area contributed by atoms with Crippen molar-refractivity contribution in [3.05, 3.63) is 71.8 Å². The van der Waals surface area contributed by atoms with Crippen LogP contribution in [0.25, 0.3) is 0 Å². The smallest absolute Gasteiger partial charge is 0.0207 e. The van der Waals surface area contributed by atoms with Gasteiger partial charge in [-0.15, -0.1) is 0 Å². The average Bonchev–Trinajstić information content (AvgIpc) is 3.03. The number of likely N-dealkylation sites (tertiary alicyclic amines) is 1. The zero-order valence-electron chi connectivity index (χ0n) is 13.2. The molecule has 1 saturated heterocycles. The molecule has 0 radical (unpaired) electrons. The molecular formula is C20H26N2. The highest BCUT2D eigenvalue weighted by Gasteiger charge is 2.21. The summed E-state index contributed by atoms with van der Waals surface area (Å²) in [7, 11) is 0. The van der Waals surface area contributed by atoms with Crippen molar-refractivity contribution >= 4 is 0 Å². The van der Waals surface area contributed by atoms with Crippen molar-refractivity contribution < 1.29 is 0 Å². The first-order valence-corrected chi connectivity index (χ1v) is 8.44. The molecule has 0 aliphatic carbocycles. The highest BCUT2D eigenvalue weighted by atomic mass is 15.2. The van der Waals surface area contributed by atoms with Crippen LogP contribution in [0.5, 0.6) is 0 Å². The quantitative estimate of drug-likeness (QED) is 0.844. The van der Waals surface area contributed by atoms with E-state index in [0.717, 1.165) is 19.4 Å². The molecule has 0 saturated carbocycles. The lowest BCUT2D eigenvalue weighted by atomic mass is 10.1. The molecule has 1 atom stereocenters. The van der Waals surface area contributed by atoms with Crippen LogP contribution in [-0.2, 0) is 12.8 Å². The Hall–Kier alpha value is -1.64. The minimum atomic E-state index is 0.666. The Morgan fingerprint density at radius 2 is 1.50 bits per heavy atom. The van der Waals surface area contributed by atoms with Gasteiger partial charge in [-0.3, -0.25) is 0 Å². The monoisotopic (exact) mass is 294 g/mol. The predicted octanol–water partition coefficient (Wildman–Crippen LogP) is 3.14. The Bertz CT molecular complexity index is 538. The molecule has 3 rings (SSSR count). The van der Waals surface area contributed by atoms with Gasteiger partial charge in [-0.1, -0.05) is 60.7 Å². The standard InChI is InChI=1S/C20H26N2/c1-3-7-18(8-4-1)11-14-21-20-13-16-22(17-20)15-12-19-9-5-2-6-10-19/h1-10,20-21H,11-17H2. The van der Waals surface area contributed by atoms with E-state index in [4.69, 9.17) is 0 Å². The lowest BCUT2D eigenvalue weighted by Gasteiger charge is -2.16. The second-order valence-electron chi connectivity index (χ2n) is 6.21. The third-order valence-electron chi connectivity index (χ3n) is 4.52.